The minimum Gasteiger partial charge on any atom is -0.508 e. The smallest absolute Gasteiger partial charge is 0.115 e. The number of rotatable bonds is 3. The van der Waals surface area contributed by atoms with Gasteiger partial charge in [0.2, 0.25) is 0 Å². The Morgan fingerprint density at radius 1 is 0.600 bits per heavy atom. The first-order chi connectivity index (χ1) is 8.58. The van der Waals surface area contributed by atoms with Gasteiger partial charge in [0.1, 0.15) is 11.5 Å². The maximum absolute atomic E-state index is 9.22. The second-order valence-electron chi connectivity index (χ2n) is 4.23. The SMILES string of the molecule is Cl.Cl.N[C@H](c1ccc(O)cc1)[C@H](N)c1ccc(O)cc1. The van der Waals surface area contributed by atoms with Crippen LogP contribution in [0.4, 0.5) is 0 Å². The molecule has 0 aliphatic rings. The molecule has 0 aromatic heterocycles. The molecule has 4 nitrogen and oxygen atoms in total. The van der Waals surface area contributed by atoms with E-state index in [0.29, 0.717) is 0 Å². The van der Waals surface area contributed by atoms with Crippen molar-refractivity contribution in [2.24, 2.45) is 11.5 Å². The molecule has 0 saturated carbocycles. The lowest BCUT2D eigenvalue weighted by Gasteiger charge is -2.20. The van der Waals surface area contributed by atoms with Crippen LogP contribution in [-0.2, 0) is 0 Å². The van der Waals surface area contributed by atoms with E-state index in [4.69, 9.17) is 11.5 Å². The van der Waals surface area contributed by atoms with Gasteiger partial charge in [0, 0.05) is 12.1 Å². The van der Waals surface area contributed by atoms with Crippen LogP contribution in [0.25, 0.3) is 0 Å². The van der Waals surface area contributed by atoms with E-state index in [-0.39, 0.29) is 48.4 Å². The molecule has 0 amide bonds. The molecule has 6 N–H and O–H groups in total. The zero-order valence-electron chi connectivity index (χ0n) is 10.6. The molecular formula is C14H18Cl2N2O2. The Labute approximate surface area is 130 Å². The third-order valence-electron chi connectivity index (χ3n) is 2.94. The van der Waals surface area contributed by atoms with E-state index in [9.17, 15) is 10.2 Å². The Morgan fingerprint density at radius 3 is 1.10 bits per heavy atom. The molecule has 0 fully saturated rings. The molecule has 6 heteroatoms. The van der Waals surface area contributed by atoms with Gasteiger partial charge >= 0.3 is 0 Å². The largest absolute Gasteiger partial charge is 0.508 e. The Bertz CT molecular complexity index is 468. The molecule has 110 valence electrons. The van der Waals surface area contributed by atoms with Crippen LogP contribution < -0.4 is 11.5 Å². The van der Waals surface area contributed by atoms with Crippen molar-refractivity contribution in [2.45, 2.75) is 12.1 Å². The fourth-order valence-corrected chi connectivity index (χ4v) is 1.81. The highest BCUT2D eigenvalue weighted by atomic mass is 35.5. The van der Waals surface area contributed by atoms with Crippen LogP contribution >= 0.6 is 24.8 Å². The van der Waals surface area contributed by atoms with Gasteiger partial charge in [-0.05, 0) is 35.4 Å². The Hall–Kier alpha value is -1.46. The van der Waals surface area contributed by atoms with Crippen molar-refractivity contribution in [3.8, 4) is 11.5 Å². The van der Waals surface area contributed by atoms with Gasteiger partial charge in [0.05, 0.1) is 0 Å². The summed E-state index contributed by atoms with van der Waals surface area (Å²) in [7, 11) is 0. The van der Waals surface area contributed by atoms with Crippen LogP contribution in [0.1, 0.15) is 23.2 Å². The molecule has 0 heterocycles. The molecule has 0 aliphatic heterocycles. The predicted molar refractivity (Wildman–Crippen MR) is 84.6 cm³/mol. The van der Waals surface area contributed by atoms with Gasteiger partial charge in [-0.2, -0.15) is 0 Å². The highest BCUT2D eigenvalue weighted by Gasteiger charge is 2.17. The number of nitrogens with two attached hydrogens (primary N) is 2. The lowest BCUT2D eigenvalue weighted by Crippen LogP contribution is -2.26. The highest BCUT2D eigenvalue weighted by molar-refractivity contribution is 5.85. The molecular weight excluding hydrogens is 299 g/mol. The number of aromatic hydroxyl groups is 2. The molecule has 0 radical (unpaired) electrons. The Balaban J connectivity index is 0.00000180. The zero-order chi connectivity index (χ0) is 13.1. The van der Waals surface area contributed by atoms with Crippen LogP contribution in [0.2, 0.25) is 0 Å². The second-order valence-corrected chi connectivity index (χ2v) is 4.23. The van der Waals surface area contributed by atoms with E-state index < -0.39 is 0 Å². The molecule has 0 aliphatic carbocycles. The number of hydrogen-bond donors (Lipinski definition) is 4. The van der Waals surface area contributed by atoms with E-state index in [2.05, 4.69) is 0 Å². The molecule has 0 unspecified atom stereocenters. The summed E-state index contributed by atoms with van der Waals surface area (Å²) < 4.78 is 0. The van der Waals surface area contributed by atoms with Crippen molar-refractivity contribution in [3.63, 3.8) is 0 Å². The third-order valence-corrected chi connectivity index (χ3v) is 2.94. The number of phenolic OH excluding ortho intramolecular Hbond substituents is 2. The minimum atomic E-state index is -0.366. The first-order valence-electron chi connectivity index (χ1n) is 5.67. The highest BCUT2D eigenvalue weighted by Crippen LogP contribution is 2.26. The molecule has 2 aromatic carbocycles. The minimum absolute atomic E-state index is 0. The normalized spacial score (nSPS) is 12.7. The summed E-state index contributed by atoms with van der Waals surface area (Å²) >= 11 is 0. The van der Waals surface area contributed by atoms with Crippen LogP contribution in [0.5, 0.6) is 11.5 Å². The van der Waals surface area contributed by atoms with E-state index in [1.54, 1.807) is 48.5 Å². The fourth-order valence-electron chi connectivity index (χ4n) is 1.81. The summed E-state index contributed by atoms with van der Waals surface area (Å²) in [5.41, 5.74) is 13.9. The summed E-state index contributed by atoms with van der Waals surface area (Å²) in [6, 6.07) is 12.6. The average molecular weight is 317 g/mol. The standard InChI is InChI=1S/C14H16N2O2.2ClH/c15-13(9-1-5-11(17)6-2-9)14(16)10-3-7-12(18)8-4-10;;/h1-8,13-14,17-18H,15-16H2;2*1H/t13-,14-;;/m1../s1. The maximum Gasteiger partial charge on any atom is 0.115 e. The zero-order valence-corrected chi connectivity index (χ0v) is 12.3. The van der Waals surface area contributed by atoms with Crippen molar-refractivity contribution in [3.05, 3.63) is 59.7 Å². The molecule has 0 spiro atoms. The first kappa shape index (κ1) is 18.5. The lowest BCUT2D eigenvalue weighted by molar-refractivity contribution is 0.472. The number of halogens is 2. The topological polar surface area (TPSA) is 92.5 Å². The van der Waals surface area contributed by atoms with Gasteiger partial charge in [-0.15, -0.1) is 24.8 Å². The van der Waals surface area contributed by atoms with Crippen molar-refractivity contribution in [1.82, 2.24) is 0 Å². The van der Waals surface area contributed by atoms with Crippen LogP contribution in [0.15, 0.2) is 48.5 Å². The summed E-state index contributed by atoms with van der Waals surface area (Å²) in [4.78, 5) is 0. The number of hydrogen-bond acceptors (Lipinski definition) is 4. The monoisotopic (exact) mass is 316 g/mol. The number of phenols is 2. The van der Waals surface area contributed by atoms with Gasteiger partial charge in [0.25, 0.3) is 0 Å². The van der Waals surface area contributed by atoms with Gasteiger partial charge < -0.3 is 21.7 Å². The van der Waals surface area contributed by atoms with E-state index in [1.165, 1.54) is 0 Å². The molecule has 0 saturated heterocycles. The van der Waals surface area contributed by atoms with E-state index in [0.717, 1.165) is 11.1 Å². The second kappa shape index (κ2) is 7.97. The van der Waals surface area contributed by atoms with Crippen LogP contribution in [0.3, 0.4) is 0 Å². The maximum atomic E-state index is 9.22. The van der Waals surface area contributed by atoms with Crippen LogP contribution in [-0.4, -0.2) is 10.2 Å². The predicted octanol–water partition coefficient (Wildman–Crippen LogP) is 2.64. The molecule has 2 rings (SSSR count). The van der Waals surface area contributed by atoms with Crippen molar-refractivity contribution in [1.29, 1.82) is 0 Å². The average Bonchev–Trinajstić information content (AvgIpc) is 2.39. The van der Waals surface area contributed by atoms with Crippen molar-refractivity contribution < 1.29 is 10.2 Å². The Kier molecular flexibility index (Phi) is 7.39. The van der Waals surface area contributed by atoms with Gasteiger partial charge in [-0.3, -0.25) is 0 Å². The molecule has 2 atom stereocenters. The fraction of sp³-hybridized carbons (Fsp3) is 0.143. The molecule has 20 heavy (non-hydrogen) atoms. The van der Waals surface area contributed by atoms with E-state index >= 15 is 0 Å². The third kappa shape index (κ3) is 4.28. The van der Waals surface area contributed by atoms with Crippen molar-refractivity contribution in [2.75, 3.05) is 0 Å². The molecule has 0 bridgehead atoms. The van der Waals surface area contributed by atoms with Crippen LogP contribution in [0, 0.1) is 0 Å². The molecule has 2 aromatic rings. The quantitative estimate of drug-likeness (QED) is 0.700. The summed E-state index contributed by atoms with van der Waals surface area (Å²) in [5, 5.41) is 18.4. The van der Waals surface area contributed by atoms with Gasteiger partial charge in [-0.25, -0.2) is 0 Å². The number of benzene rings is 2. The summed E-state index contributed by atoms with van der Waals surface area (Å²) in [5.74, 6) is 0.397. The van der Waals surface area contributed by atoms with Gasteiger partial charge in [-0.1, -0.05) is 24.3 Å². The van der Waals surface area contributed by atoms with Gasteiger partial charge in [0.15, 0.2) is 0 Å². The van der Waals surface area contributed by atoms with Crippen molar-refractivity contribution >= 4 is 24.8 Å². The summed E-state index contributed by atoms with van der Waals surface area (Å²) in [6.45, 7) is 0. The first-order valence-corrected chi connectivity index (χ1v) is 5.67. The Morgan fingerprint density at radius 2 is 0.850 bits per heavy atom. The summed E-state index contributed by atoms with van der Waals surface area (Å²) in [6.07, 6.45) is 0. The van der Waals surface area contributed by atoms with E-state index in [1.807, 2.05) is 0 Å². The lowest BCUT2D eigenvalue weighted by atomic mass is 9.95.